The van der Waals surface area contributed by atoms with Gasteiger partial charge in [-0.15, -0.1) is 0 Å². The zero-order valence-corrected chi connectivity index (χ0v) is 11.2. The Kier molecular flexibility index (Phi) is 5.94. The summed E-state index contributed by atoms with van der Waals surface area (Å²) in [5.41, 5.74) is 5.53. The third kappa shape index (κ3) is 5.06. The molecule has 0 radical (unpaired) electrons. The number of hydrogen-bond acceptors (Lipinski definition) is 3. The summed E-state index contributed by atoms with van der Waals surface area (Å²) in [6.07, 6.45) is 5.73. The Labute approximate surface area is 105 Å². The third-order valence-electron chi connectivity index (χ3n) is 3.84. The molecule has 0 aliphatic heterocycles. The SMILES string of the molecule is CC(C)(C#N)CCCOCC1CCCC1CN. The van der Waals surface area contributed by atoms with Gasteiger partial charge in [-0.1, -0.05) is 6.42 Å². The molecule has 0 spiro atoms. The van der Waals surface area contributed by atoms with Crippen molar-refractivity contribution in [2.45, 2.75) is 46.0 Å². The molecule has 3 heteroatoms. The van der Waals surface area contributed by atoms with Crippen LogP contribution in [0.15, 0.2) is 0 Å². The summed E-state index contributed by atoms with van der Waals surface area (Å²) in [6, 6.07) is 2.32. The lowest BCUT2D eigenvalue weighted by atomic mass is 9.90. The molecule has 98 valence electrons. The van der Waals surface area contributed by atoms with Crippen molar-refractivity contribution in [1.82, 2.24) is 0 Å². The molecule has 1 aliphatic carbocycles. The van der Waals surface area contributed by atoms with E-state index < -0.39 is 0 Å². The number of nitriles is 1. The van der Waals surface area contributed by atoms with Crippen molar-refractivity contribution in [1.29, 1.82) is 5.26 Å². The average molecular weight is 238 g/mol. The Morgan fingerprint density at radius 2 is 2.06 bits per heavy atom. The van der Waals surface area contributed by atoms with Crippen molar-refractivity contribution in [3.63, 3.8) is 0 Å². The van der Waals surface area contributed by atoms with E-state index in [2.05, 4.69) is 6.07 Å². The minimum Gasteiger partial charge on any atom is -0.381 e. The summed E-state index contributed by atoms with van der Waals surface area (Å²) in [5, 5.41) is 8.89. The fourth-order valence-corrected chi connectivity index (χ4v) is 2.55. The van der Waals surface area contributed by atoms with Gasteiger partial charge in [0.25, 0.3) is 0 Å². The molecule has 3 nitrogen and oxygen atoms in total. The van der Waals surface area contributed by atoms with Crippen LogP contribution in [0.2, 0.25) is 0 Å². The smallest absolute Gasteiger partial charge is 0.0683 e. The first-order valence-electron chi connectivity index (χ1n) is 6.78. The maximum absolute atomic E-state index is 8.89. The highest BCUT2D eigenvalue weighted by Crippen LogP contribution is 2.31. The summed E-state index contributed by atoms with van der Waals surface area (Å²) in [6.45, 7) is 6.39. The molecule has 0 amide bonds. The second-order valence-electron chi connectivity index (χ2n) is 5.86. The van der Waals surface area contributed by atoms with E-state index >= 15 is 0 Å². The standard InChI is InChI=1S/C14H26N2O/c1-14(2,11-16)7-4-8-17-10-13-6-3-5-12(13)9-15/h12-13H,3-10,15H2,1-2H3. The van der Waals surface area contributed by atoms with Crippen LogP contribution in [-0.2, 0) is 4.74 Å². The molecule has 1 fully saturated rings. The zero-order valence-electron chi connectivity index (χ0n) is 11.2. The summed E-state index contributed by atoms with van der Waals surface area (Å²) in [7, 11) is 0. The van der Waals surface area contributed by atoms with Gasteiger partial charge in [-0.3, -0.25) is 0 Å². The summed E-state index contributed by atoms with van der Waals surface area (Å²) < 4.78 is 5.72. The van der Waals surface area contributed by atoms with E-state index in [-0.39, 0.29) is 5.41 Å². The predicted molar refractivity (Wildman–Crippen MR) is 69.3 cm³/mol. The quantitative estimate of drug-likeness (QED) is 0.694. The van der Waals surface area contributed by atoms with Crippen molar-refractivity contribution < 1.29 is 4.74 Å². The first-order chi connectivity index (χ1) is 8.09. The van der Waals surface area contributed by atoms with E-state index in [9.17, 15) is 0 Å². The molecule has 1 aliphatic rings. The molecular formula is C14H26N2O. The van der Waals surface area contributed by atoms with Gasteiger partial charge in [0.1, 0.15) is 0 Å². The highest BCUT2D eigenvalue weighted by Gasteiger charge is 2.25. The van der Waals surface area contributed by atoms with Crippen molar-refractivity contribution in [2.75, 3.05) is 19.8 Å². The molecule has 1 rings (SSSR count). The maximum atomic E-state index is 8.89. The minimum atomic E-state index is -0.212. The number of nitrogens with two attached hydrogens (primary N) is 1. The molecule has 2 N–H and O–H groups in total. The van der Waals surface area contributed by atoms with Gasteiger partial charge < -0.3 is 10.5 Å². The van der Waals surface area contributed by atoms with E-state index in [0.29, 0.717) is 11.8 Å². The van der Waals surface area contributed by atoms with Crippen LogP contribution in [-0.4, -0.2) is 19.8 Å². The normalized spacial score (nSPS) is 24.8. The fourth-order valence-electron chi connectivity index (χ4n) is 2.55. The molecule has 2 atom stereocenters. The Balaban J connectivity index is 2.07. The lowest BCUT2D eigenvalue weighted by Gasteiger charge is -2.18. The Morgan fingerprint density at radius 1 is 1.35 bits per heavy atom. The van der Waals surface area contributed by atoms with Crippen LogP contribution in [0.25, 0.3) is 0 Å². The van der Waals surface area contributed by atoms with E-state index in [1.807, 2.05) is 13.8 Å². The van der Waals surface area contributed by atoms with Gasteiger partial charge in [-0.25, -0.2) is 0 Å². The van der Waals surface area contributed by atoms with Gasteiger partial charge >= 0.3 is 0 Å². The molecule has 0 saturated heterocycles. The van der Waals surface area contributed by atoms with Gasteiger partial charge in [-0.2, -0.15) is 5.26 Å². The first-order valence-corrected chi connectivity index (χ1v) is 6.78. The lowest BCUT2D eigenvalue weighted by molar-refractivity contribution is 0.0810. The monoisotopic (exact) mass is 238 g/mol. The molecule has 0 heterocycles. The molecule has 17 heavy (non-hydrogen) atoms. The van der Waals surface area contributed by atoms with Crippen LogP contribution in [0.1, 0.15) is 46.0 Å². The van der Waals surface area contributed by atoms with E-state index in [1.165, 1.54) is 19.3 Å². The van der Waals surface area contributed by atoms with Crippen molar-refractivity contribution >= 4 is 0 Å². The average Bonchev–Trinajstić information content (AvgIpc) is 2.76. The van der Waals surface area contributed by atoms with Gasteiger partial charge in [-0.05, 0) is 57.9 Å². The molecule has 0 bridgehead atoms. The molecule has 1 saturated carbocycles. The second kappa shape index (κ2) is 6.98. The molecule has 2 unspecified atom stereocenters. The molecule has 0 aromatic rings. The highest BCUT2D eigenvalue weighted by atomic mass is 16.5. The predicted octanol–water partition coefficient (Wildman–Crippen LogP) is 2.71. The van der Waals surface area contributed by atoms with Gasteiger partial charge in [0.2, 0.25) is 0 Å². The Bertz CT molecular complexity index is 257. The summed E-state index contributed by atoms with van der Waals surface area (Å²) in [5.74, 6) is 1.34. The number of hydrogen-bond donors (Lipinski definition) is 1. The van der Waals surface area contributed by atoms with Crippen LogP contribution in [0.5, 0.6) is 0 Å². The van der Waals surface area contributed by atoms with Crippen LogP contribution < -0.4 is 5.73 Å². The van der Waals surface area contributed by atoms with Gasteiger partial charge in [0.15, 0.2) is 0 Å². The first kappa shape index (κ1) is 14.5. The van der Waals surface area contributed by atoms with E-state index in [0.717, 1.165) is 32.6 Å². The summed E-state index contributed by atoms with van der Waals surface area (Å²) in [4.78, 5) is 0. The largest absolute Gasteiger partial charge is 0.381 e. The number of ether oxygens (including phenoxy) is 1. The minimum absolute atomic E-state index is 0.212. The van der Waals surface area contributed by atoms with Crippen LogP contribution >= 0.6 is 0 Å². The molecule has 0 aromatic carbocycles. The molecular weight excluding hydrogens is 212 g/mol. The topological polar surface area (TPSA) is 59.0 Å². The van der Waals surface area contributed by atoms with Crippen molar-refractivity contribution in [3.8, 4) is 6.07 Å². The van der Waals surface area contributed by atoms with Crippen molar-refractivity contribution in [2.24, 2.45) is 23.0 Å². The zero-order chi connectivity index (χ0) is 12.7. The second-order valence-corrected chi connectivity index (χ2v) is 5.86. The molecule has 0 aromatic heterocycles. The maximum Gasteiger partial charge on any atom is 0.0683 e. The van der Waals surface area contributed by atoms with Gasteiger partial charge in [0.05, 0.1) is 11.5 Å². The van der Waals surface area contributed by atoms with Crippen LogP contribution in [0.3, 0.4) is 0 Å². The van der Waals surface area contributed by atoms with Crippen LogP contribution in [0.4, 0.5) is 0 Å². The Morgan fingerprint density at radius 3 is 2.71 bits per heavy atom. The van der Waals surface area contributed by atoms with Crippen molar-refractivity contribution in [3.05, 3.63) is 0 Å². The fraction of sp³-hybridized carbons (Fsp3) is 0.929. The highest BCUT2D eigenvalue weighted by molar-refractivity contribution is 4.91. The Hall–Kier alpha value is -0.590. The number of rotatable bonds is 7. The third-order valence-corrected chi connectivity index (χ3v) is 3.84. The van der Waals surface area contributed by atoms with E-state index in [1.54, 1.807) is 0 Å². The number of nitrogens with zero attached hydrogens (tertiary/aromatic N) is 1. The summed E-state index contributed by atoms with van der Waals surface area (Å²) >= 11 is 0. The van der Waals surface area contributed by atoms with Gasteiger partial charge in [0, 0.05) is 13.2 Å². The lowest BCUT2D eigenvalue weighted by Crippen LogP contribution is -2.22. The van der Waals surface area contributed by atoms with Crippen LogP contribution in [0, 0.1) is 28.6 Å². The van der Waals surface area contributed by atoms with E-state index in [4.69, 9.17) is 15.7 Å².